The minimum Gasteiger partial charge on any atom is -0.370 e. The molecule has 0 aliphatic rings. The number of hydrogen-bond acceptors (Lipinski definition) is 3. The maximum atomic E-state index is 13.2. The number of carbonyl (C=O) groups excluding carboxylic acids is 2. The molecule has 0 radical (unpaired) electrons. The van der Waals surface area contributed by atoms with E-state index in [4.69, 9.17) is 0 Å². The lowest BCUT2D eigenvalue weighted by Crippen LogP contribution is -2.26. The van der Waals surface area contributed by atoms with E-state index < -0.39 is 0 Å². The van der Waals surface area contributed by atoms with Gasteiger partial charge in [0.15, 0.2) is 5.78 Å². The molecule has 0 aliphatic carbocycles. The van der Waals surface area contributed by atoms with Crippen molar-refractivity contribution in [3.63, 3.8) is 0 Å². The highest BCUT2D eigenvalue weighted by Gasteiger charge is 2.22. The Bertz CT molecular complexity index is 1040. The van der Waals surface area contributed by atoms with E-state index in [0.717, 1.165) is 29.9 Å². The number of carbonyl (C=O) groups is 2. The zero-order valence-corrected chi connectivity index (χ0v) is 18.0. The van der Waals surface area contributed by atoms with E-state index >= 15 is 0 Å². The maximum absolute atomic E-state index is 13.2. The van der Waals surface area contributed by atoms with Crippen LogP contribution in [0.1, 0.15) is 51.3 Å². The Balaban J connectivity index is 2.13. The van der Waals surface area contributed by atoms with Crippen molar-refractivity contribution >= 4 is 23.1 Å². The SMILES string of the molecule is CCN(CC)c1c(NC(=O)c2ccccc2)cc(C(=O)c2ccccc2)c(C)c1C. The molecule has 3 aromatic carbocycles. The van der Waals surface area contributed by atoms with Crippen molar-refractivity contribution in [1.29, 1.82) is 0 Å². The summed E-state index contributed by atoms with van der Waals surface area (Å²) in [5.41, 5.74) is 5.39. The van der Waals surface area contributed by atoms with E-state index in [1.807, 2.05) is 68.4 Å². The van der Waals surface area contributed by atoms with Gasteiger partial charge in [0, 0.05) is 29.8 Å². The third-order valence-corrected chi connectivity index (χ3v) is 5.51. The highest BCUT2D eigenvalue weighted by molar-refractivity contribution is 6.13. The molecule has 0 bridgehead atoms. The third kappa shape index (κ3) is 4.28. The molecular formula is C26H28N2O2. The summed E-state index contributed by atoms with van der Waals surface area (Å²) in [6.07, 6.45) is 0. The molecule has 0 fully saturated rings. The molecule has 0 spiro atoms. The molecule has 0 aliphatic heterocycles. The van der Waals surface area contributed by atoms with Crippen molar-refractivity contribution in [1.82, 2.24) is 0 Å². The second-order valence-corrected chi connectivity index (χ2v) is 7.26. The molecule has 0 saturated carbocycles. The standard InChI is InChI=1S/C26H28N2O2/c1-5-28(6-2)24-19(4)18(3)22(25(29)20-13-9-7-10-14-20)17-23(24)27-26(30)21-15-11-8-12-16-21/h7-17H,5-6H2,1-4H3,(H,27,30). The first-order valence-electron chi connectivity index (χ1n) is 10.3. The van der Waals surface area contributed by atoms with Crippen molar-refractivity contribution < 1.29 is 9.59 Å². The highest BCUT2D eigenvalue weighted by Crippen LogP contribution is 2.35. The lowest BCUT2D eigenvalue weighted by molar-refractivity contribution is 0.102. The Morgan fingerprint density at radius 1 is 0.800 bits per heavy atom. The van der Waals surface area contributed by atoms with Crippen LogP contribution in [0.15, 0.2) is 66.7 Å². The molecule has 0 atom stereocenters. The number of nitrogens with zero attached hydrogens (tertiary/aromatic N) is 1. The fourth-order valence-corrected chi connectivity index (χ4v) is 3.71. The van der Waals surface area contributed by atoms with Crippen molar-refractivity contribution in [3.05, 3.63) is 94.5 Å². The summed E-state index contributed by atoms with van der Waals surface area (Å²) in [4.78, 5) is 28.3. The van der Waals surface area contributed by atoms with Gasteiger partial charge >= 0.3 is 0 Å². The van der Waals surface area contributed by atoms with Crippen molar-refractivity contribution in [2.75, 3.05) is 23.3 Å². The van der Waals surface area contributed by atoms with Gasteiger partial charge in [0.25, 0.3) is 5.91 Å². The summed E-state index contributed by atoms with van der Waals surface area (Å²) in [5.74, 6) is -0.233. The normalized spacial score (nSPS) is 10.5. The molecule has 1 amide bonds. The predicted octanol–water partition coefficient (Wildman–Crippen LogP) is 5.63. The summed E-state index contributed by atoms with van der Waals surface area (Å²) >= 11 is 0. The molecule has 3 rings (SSSR count). The van der Waals surface area contributed by atoms with E-state index in [1.165, 1.54) is 0 Å². The Morgan fingerprint density at radius 2 is 1.33 bits per heavy atom. The number of nitrogens with one attached hydrogen (secondary N) is 1. The van der Waals surface area contributed by atoms with Crippen LogP contribution in [0.3, 0.4) is 0 Å². The van der Waals surface area contributed by atoms with Crippen LogP contribution in [-0.2, 0) is 0 Å². The van der Waals surface area contributed by atoms with Crippen LogP contribution in [0.2, 0.25) is 0 Å². The van der Waals surface area contributed by atoms with Gasteiger partial charge in [-0.3, -0.25) is 9.59 Å². The molecule has 0 heterocycles. The molecular weight excluding hydrogens is 372 g/mol. The zero-order chi connectivity index (χ0) is 21.7. The number of amides is 1. The Hall–Kier alpha value is -3.40. The molecule has 4 heteroatoms. The molecule has 0 saturated heterocycles. The summed E-state index contributed by atoms with van der Waals surface area (Å²) in [6.45, 7) is 9.77. The van der Waals surface area contributed by atoms with E-state index in [9.17, 15) is 9.59 Å². The summed E-state index contributed by atoms with van der Waals surface area (Å²) in [5, 5.41) is 3.06. The second-order valence-electron chi connectivity index (χ2n) is 7.26. The first-order chi connectivity index (χ1) is 14.5. The highest BCUT2D eigenvalue weighted by atomic mass is 16.1. The first-order valence-corrected chi connectivity index (χ1v) is 10.3. The molecule has 3 aromatic rings. The minimum atomic E-state index is -0.189. The van der Waals surface area contributed by atoms with Crippen LogP contribution in [0.4, 0.5) is 11.4 Å². The lowest BCUT2D eigenvalue weighted by atomic mass is 9.93. The van der Waals surface area contributed by atoms with Crippen LogP contribution < -0.4 is 10.2 Å². The van der Waals surface area contributed by atoms with Crippen molar-refractivity contribution in [2.45, 2.75) is 27.7 Å². The number of ketones is 1. The van der Waals surface area contributed by atoms with Gasteiger partial charge in [-0.05, 0) is 57.0 Å². The Morgan fingerprint density at radius 3 is 1.87 bits per heavy atom. The largest absolute Gasteiger partial charge is 0.370 e. The third-order valence-electron chi connectivity index (χ3n) is 5.51. The predicted molar refractivity (Wildman–Crippen MR) is 124 cm³/mol. The summed E-state index contributed by atoms with van der Waals surface area (Å²) in [7, 11) is 0. The number of hydrogen-bond donors (Lipinski definition) is 1. The van der Waals surface area contributed by atoms with E-state index in [0.29, 0.717) is 22.4 Å². The monoisotopic (exact) mass is 400 g/mol. The van der Waals surface area contributed by atoms with Crippen molar-refractivity contribution in [3.8, 4) is 0 Å². The smallest absolute Gasteiger partial charge is 0.255 e. The van der Waals surface area contributed by atoms with E-state index in [-0.39, 0.29) is 11.7 Å². The Kier molecular flexibility index (Phi) is 6.68. The summed E-state index contributed by atoms with van der Waals surface area (Å²) < 4.78 is 0. The topological polar surface area (TPSA) is 49.4 Å². The van der Waals surface area contributed by atoms with E-state index in [1.54, 1.807) is 12.1 Å². The fraction of sp³-hybridized carbons (Fsp3) is 0.231. The van der Waals surface area contributed by atoms with Gasteiger partial charge in [0.1, 0.15) is 0 Å². The lowest BCUT2D eigenvalue weighted by Gasteiger charge is -2.28. The molecule has 1 N–H and O–H groups in total. The fourth-order valence-electron chi connectivity index (χ4n) is 3.71. The zero-order valence-electron chi connectivity index (χ0n) is 18.0. The average molecular weight is 401 g/mol. The number of benzene rings is 3. The van der Waals surface area contributed by atoms with E-state index in [2.05, 4.69) is 24.1 Å². The maximum Gasteiger partial charge on any atom is 0.255 e. The van der Waals surface area contributed by atoms with Gasteiger partial charge in [0.05, 0.1) is 11.4 Å². The van der Waals surface area contributed by atoms with Gasteiger partial charge in [-0.15, -0.1) is 0 Å². The van der Waals surface area contributed by atoms with Crippen LogP contribution in [0.5, 0.6) is 0 Å². The van der Waals surface area contributed by atoms with Crippen LogP contribution >= 0.6 is 0 Å². The van der Waals surface area contributed by atoms with Gasteiger partial charge in [-0.2, -0.15) is 0 Å². The van der Waals surface area contributed by atoms with Crippen LogP contribution in [0.25, 0.3) is 0 Å². The molecule has 0 unspecified atom stereocenters. The first kappa shape index (κ1) is 21.3. The molecule has 154 valence electrons. The minimum absolute atomic E-state index is 0.0440. The number of anilines is 2. The van der Waals surface area contributed by atoms with Gasteiger partial charge < -0.3 is 10.2 Å². The summed E-state index contributed by atoms with van der Waals surface area (Å²) in [6, 6.07) is 20.2. The van der Waals surface area contributed by atoms with Gasteiger partial charge in [-0.25, -0.2) is 0 Å². The van der Waals surface area contributed by atoms with Crippen molar-refractivity contribution in [2.24, 2.45) is 0 Å². The van der Waals surface area contributed by atoms with Crippen LogP contribution in [0, 0.1) is 13.8 Å². The average Bonchev–Trinajstić information content (AvgIpc) is 2.79. The molecule has 0 aromatic heterocycles. The quantitative estimate of drug-likeness (QED) is 0.523. The molecule has 30 heavy (non-hydrogen) atoms. The van der Waals surface area contributed by atoms with Gasteiger partial charge in [0.2, 0.25) is 0 Å². The Labute approximate surface area is 178 Å². The second kappa shape index (κ2) is 9.40. The van der Waals surface area contributed by atoms with Gasteiger partial charge in [-0.1, -0.05) is 48.5 Å². The number of rotatable bonds is 7. The molecule has 4 nitrogen and oxygen atoms in total. The van der Waals surface area contributed by atoms with Crippen LogP contribution in [-0.4, -0.2) is 24.8 Å².